The molecule has 0 spiro atoms. The fourth-order valence-electron chi connectivity index (χ4n) is 3.77. The Labute approximate surface area is 178 Å². The highest BCUT2D eigenvalue weighted by Crippen LogP contribution is 2.30. The second-order valence-electron chi connectivity index (χ2n) is 7.54. The molecule has 0 radical (unpaired) electrons. The zero-order valence-electron chi connectivity index (χ0n) is 17.2. The third-order valence-electron chi connectivity index (χ3n) is 5.34. The maximum atomic E-state index is 13.5. The molecule has 1 aliphatic carbocycles. The van der Waals surface area contributed by atoms with Crippen LogP contribution in [-0.2, 0) is 16.1 Å². The lowest BCUT2D eigenvalue weighted by Crippen LogP contribution is -2.50. The molecule has 1 heterocycles. The van der Waals surface area contributed by atoms with E-state index in [0.29, 0.717) is 16.2 Å². The third-order valence-corrected chi connectivity index (χ3v) is 5.34. The lowest BCUT2D eigenvalue weighted by atomic mass is 9.95. The van der Waals surface area contributed by atoms with Crippen LogP contribution in [0, 0.1) is 0 Å². The minimum atomic E-state index is -5.15. The van der Waals surface area contributed by atoms with Gasteiger partial charge >= 0.3 is 12.1 Å². The molecule has 2 aromatic rings. The van der Waals surface area contributed by atoms with Gasteiger partial charge in [-0.2, -0.15) is 13.2 Å². The van der Waals surface area contributed by atoms with Crippen molar-refractivity contribution in [3.8, 4) is 5.75 Å². The minimum absolute atomic E-state index is 0.0283. The highest BCUT2D eigenvalue weighted by atomic mass is 19.4. The van der Waals surface area contributed by atoms with E-state index in [2.05, 4.69) is 5.32 Å². The van der Waals surface area contributed by atoms with Crippen LogP contribution in [0.5, 0.6) is 5.75 Å². The zero-order chi connectivity index (χ0) is 22.4. The number of carbonyl (C=O) groups excluding carboxylic acids is 2. The Morgan fingerprint density at radius 1 is 1.16 bits per heavy atom. The summed E-state index contributed by atoms with van der Waals surface area (Å²) >= 11 is 0. The molecule has 1 unspecified atom stereocenters. The number of benzene rings is 1. The summed E-state index contributed by atoms with van der Waals surface area (Å²) in [5.74, 6) is -2.30. The number of amides is 2. The van der Waals surface area contributed by atoms with E-state index < -0.39 is 30.6 Å². The first-order valence-electron chi connectivity index (χ1n) is 10.1. The summed E-state index contributed by atoms with van der Waals surface area (Å²) in [5, 5.41) is 2.82. The van der Waals surface area contributed by atoms with E-state index in [0.717, 1.165) is 32.1 Å². The largest absolute Gasteiger partial charge is 0.497 e. The van der Waals surface area contributed by atoms with Crippen LogP contribution < -0.4 is 10.1 Å². The lowest BCUT2D eigenvalue weighted by molar-refractivity contribution is -0.190. The van der Waals surface area contributed by atoms with E-state index in [1.54, 1.807) is 24.3 Å². The summed E-state index contributed by atoms with van der Waals surface area (Å²) in [7, 11) is 1.47. The average Bonchev–Trinajstić information content (AvgIpc) is 3.27. The van der Waals surface area contributed by atoms with Crippen LogP contribution in [-0.4, -0.2) is 36.0 Å². The maximum Gasteiger partial charge on any atom is 0.471 e. The lowest BCUT2D eigenvalue weighted by Gasteiger charge is -2.32. The molecule has 31 heavy (non-hydrogen) atoms. The predicted octanol–water partition coefficient (Wildman–Crippen LogP) is 4.37. The van der Waals surface area contributed by atoms with Gasteiger partial charge in [-0.15, -0.1) is 0 Å². The molecular weight excluding hydrogens is 413 g/mol. The second kappa shape index (κ2) is 9.89. The van der Waals surface area contributed by atoms with Crippen molar-refractivity contribution in [2.24, 2.45) is 0 Å². The molecule has 6 nitrogen and oxygen atoms in total. The Hall–Kier alpha value is -2.97. The molecule has 3 rings (SSSR count). The molecule has 0 saturated heterocycles. The molecule has 0 aliphatic heterocycles. The van der Waals surface area contributed by atoms with Crippen LogP contribution in [0.25, 0.3) is 0 Å². The van der Waals surface area contributed by atoms with Crippen LogP contribution in [0.4, 0.5) is 13.2 Å². The number of nitrogens with zero attached hydrogens (tertiary/aromatic N) is 1. The van der Waals surface area contributed by atoms with Gasteiger partial charge in [0.05, 0.1) is 13.4 Å². The molecule has 168 valence electrons. The number of halogens is 3. The van der Waals surface area contributed by atoms with Gasteiger partial charge in [-0.05, 0) is 42.7 Å². The van der Waals surface area contributed by atoms with Gasteiger partial charge in [0.15, 0.2) is 6.04 Å². The Kier molecular flexibility index (Phi) is 7.25. The van der Waals surface area contributed by atoms with Gasteiger partial charge in [0, 0.05) is 12.6 Å². The first-order chi connectivity index (χ1) is 14.8. The molecule has 1 N–H and O–H groups in total. The Morgan fingerprint density at radius 2 is 1.84 bits per heavy atom. The topological polar surface area (TPSA) is 71.8 Å². The highest BCUT2D eigenvalue weighted by Gasteiger charge is 2.47. The number of nitrogens with one attached hydrogen (secondary N) is 1. The number of hydrogen-bond donors (Lipinski definition) is 1. The maximum absolute atomic E-state index is 13.5. The summed E-state index contributed by atoms with van der Waals surface area (Å²) in [4.78, 5) is 26.0. The molecule has 2 amide bonds. The molecule has 1 saturated carbocycles. The summed E-state index contributed by atoms with van der Waals surface area (Å²) in [5.41, 5.74) is 0.417. The zero-order valence-corrected chi connectivity index (χ0v) is 17.2. The van der Waals surface area contributed by atoms with Crippen molar-refractivity contribution < 1.29 is 31.9 Å². The van der Waals surface area contributed by atoms with E-state index in [1.807, 2.05) is 0 Å². The number of furan rings is 1. The van der Waals surface area contributed by atoms with Crippen LogP contribution in [0.15, 0.2) is 47.1 Å². The van der Waals surface area contributed by atoms with Gasteiger partial charge in [-0.1, -0.05) is 31.4 Å². The highest BCUT2D eigenvalue weighted by molar-refractivity contribution is 5.90. The summed E-state index contributed by atoms with van der Waals surface area (Å²) < 4.78 is 50.8. The van der Waals surface area contributed by atoms with Crippen molar-refractivity contribution in [1.82, 2.24) is 10.2 Å². The van der Waals surface area contributed by atoms with Crippen LogP contribution >= 0.6 is 0 Å². The smallest absolute Gasteiger partial charge is 0.471 e. The summed E-state index contributed by atoms with van der Waals surface area (Å²) in [6, 6.07) is 7.44. The van der Waals surface area contributed by atoms with E-state index in [4.69, 9.17) is 9.15 Å². The number of methoxy groups -OCH3 is 1. The normalized spacial score (nSPS) is 15.9. The van der Waals surface area contributed by atoms with Crippen molar-refractivity contribution in [2.45, 2.75) is 56.9 Å². The quantitative estimate of drug-likeness (QED) is 0.697. The van der Waals surface area contributed by atoms with E-state index >= 15 is 0 Å². The second-order valence-corrected chi connectivity index (χ2v) is 7.54. The molecule has 1 fully saturated rings. The molecule has 1 atom stereocenters. The van der Waals surface area contributed by atoms with E-state index in [1.165, 1.54) is 25.5 Å². The molecule has 1 aliphatic rings. The van der Waals surface area contributed by atoms with Crippen molar-refractivity contribution in [1.29, 1.82) is 0 Å². The van der Waals surface area contributed by atoms with Crippen molar-refractivity contribution in [3.63, 3.8) is 0 Å². The summed E-state index contributed by atoms with van der Waals surface area (Å²) in [6.07, 6.45) is 0.553. The number of ether oxygens (including phenoxy) is 1. The Morgan fingerprint density at radius 3 is 2.39 bits per heavy atom. The van der Waals surface area contributed by atoms with Crippen molar-refractivity contribution in [2.75, 3.05) is 7.11 Å². The molecule has 1 aromatic heterocycles. The van der Waals surface area contributed by atoms with Crippen molar-refractivity contribution >= 4 is 11.8 Å². The number of alkyl halides is 3. The van der Waals surface area contributed by atoms with Gasteiger partial charge in [0.2, 0.25) is 0 Å². The molecule has 1 aromatic carbocycles. The van der Waals surface area contributed by atoms with Crippen LogP contribution in [0.1, 0.15) is 49.5 Å². The van der Waals surface area contributed by atoms with Gasteiger partial charge < -0.3 is 19.4 Å². The van der Waals surface area contributed by atoms with Gasteiger partial charge in [0.1, 0.15) is 11.5 Å². The van der Waals surface area contributed by atoms with Crippen molar-refractivity contribution in [3.05, 3.63) is 54.0 Å². The standard InChI is InChI=1S/C22H25F3N2O4/c1-30-17-11-9-15(10-12-17)14-27(21(29)22(23,24)25)19(18-8-5-13-31-18)20(28)26-16-6-3-2-4-7-16/h5,8-13,16,19H,2-4,6-7,14H2,1H3,(H,26,28). The minimum Gasteiger partial charge on any atom is -0.497 e. The van der Waals surface area contributed by atoms with E-state index in [9.17, 15) is 22.8 Å². The Bertz CT molecular complexity index is 860. The SMILES string of the molecule is COc1ccc(CN(C(=O)C(F)(F)F)C(C(=O)NC2CCCCC2)c2ccco2)cc1. The van der Waals surface area contributed by atoms with Crippen LogP contribution in [0.2, 0.25) is 0 Å². The Balaban J connectivity index is 1.93. The summed E-state index contributed by atoms with van der Waals surface area (Å²) in [6.45, 7) is -0.425. The predicted molar refractivity (Wildman–Crippen MR) is 106 cm³/mol. The molecule has 0 bridgehead atoms. The number of carbonyl (C=O) groups is 2. The van der Waals surface area contributed by atoms with Gasteiger partial charge in [0.25, 0.3) is 5.91 Å². The molecule has 9 heteroatoms. The first-order valence-corrected chi connectivity index (χ1v) is 10.1. The van der Waals surface area contributed by atoms with Gasteiger partial charge in [-0.3, -0.25) is 9.59 Å². The van der Waals surface area contributed by atoms with Crippen LogP contribution in [0.3, 0.4) is 0 Å². The first kappa shape index (κ1) is 22.7. The fraction of sp³-hybridized carbons (Fsp3) is 0.455. The van der Waals surface area contributed by atoms with Gasteiger partial charge in [-0.25, -0.2) is 0 Å². The van der Waals surface area contributed by atoms with E-state index in [-0.39, 0.29) is 11.8 Å². The average molecular weight is 438 g/mol. The fourth-order valence-corrected chi connectivity index (χ4v) is 3.77. The number of hydrogen-bond acceptors (Lipinski definition) is 4. The third kappa shape index (κ3) is 5.80. The molecular formula is C22H25F3N2O4. The monoisotopic (exact) mass is 438 g/mol. The number of rotatable bonds is 7.